The van der Waals surface area contributed by atoms with Crippen LogP contribution in [0.1, 0.15) is 11.1 Å². The van der Waals surface area contributed by atoms with Crippen molar-refractivity contribution in [2.24, 2.45) is 0 Å². The number of pyridine rings is 1. The molecule has 25 heavy (non-hydrogen) atoms. The van der Waals surface area contributed by atoms with Gasteiger partial charge in [-0.1, -0.05) is 18.2 Å². The molecule has 4 nitrogen and oxygen atoms in total. The van der Waals surface area contributed by atoms with Gasteiger partial charge in [0.25, 0.3) is 0 Å². The molecule has 7 heteroatoms. The molecule has 0 radical (unpaired) electrons. The summed E-state index contributed by atoms with van der Waals surface area (Å²) in [7, 11) is 0. The number of thioether (sulfide) groups is 1. The summed E-state index contributed by atoms with van der Waals surface area (Å²) in [5.41, 5.74) is 2.18. The van der Waals surface area contributed by atoms with Gasteiger partial charge in [-0.25, -0.2) is 9.37 Å². The smallest absolute Gasteiger partial charge is 0.159 e. The topological polar surface area (TPSA) is 43.2 Å². The highest BCUT2D eigenvalue weighted by Gasteiger charge is 2.19. The van der Waals surface area contributed by atoms with Crippen molar-refractivity contribution in [3.05, 3.63) is 59.5 Å². The first-order valence-electron chi connectivity index (χ1n) is 8.14. The highest BCUT2D eigenvalue weighted by Crippen LogP contribution is 2.25. The fourth-order valence-corrected chi connectivity index (χ4v) is 4.21. The van der Waals surface area contributed by atoms with Crippen molar-refractivity contribution in [3.8, 4) is 0 Å². The van der Waals surface area contributed by atoms with Crippen LogP contribution in [0.5, 0.6) is 0 Å². The normalized spacial score (nSPS) is 15.4. The summed E-state index contributed by atoms with van der Waals surface area (Å²) in [6.07, 6.45) is 1.81. The predicted molar refractivity (Wildman–Crippen MR) is 109 cm³/mol. The van der Waals surface area contributed by atoms with Gasteiger partial charge >= 0.3 is 0 Å². The lowest BCUT2D eigenvalue weighted by Gasteiger charge is -2.34. The minimum absolute atomic E-state index is 0.196. The third kappa shape index (κ3) is 5.39. The van der Waals surface area contributed by atoms with E-state index >= 15 is 0 Å². The summed E-state index contributed by atoms with van der Waals surface area (Å²) in [5, 5.41) is 8.73. The van der Waals surface area contributed by atoms with Gasteiger partial charge in [-0.2, -0.15) is 0 Å². The number of rotatable bonds is 5. The van der Waals surface area contributed by atoms with Crippen molar-refractivity contribution in [1.82, 2.24) is 14.8 Å². The SMILES string of the molecule is N=C(I)N1CCN(Cc2cccnc2SCc2cccc(F)c2)CC1. The molecule has 0 saturated carbocycles. The van der Waals surface area contributed by atoms with Crippen LogP contribution in [0.3, 0.4) is 0 Å². The van der Waals surface area contributed by atoms with Crippen LogP contribution in [-0.4, -0.2) is 44.8 Å². The summed E-state index contributed by atoms with van der Waals surface area (Å²) in [5.74, 6) is 0.514. The molecular formula is C18H20FIN4S. The van der Waals surface area contributed by atoms with Crippen molar-refractivity contribution in [2.75, 3.05) is 26.2 Å². The van der Waals surface area contributed by atoms with Crippen molar-refractivity contribution < 1.29 is 4.39 Å². The molecule has 1 aliphatic rings. The Morgan fingerprint density at radius 3 is 2.72 bits per heavy atom. The number of amidine groups is 1. The summed E-state index contributed by atoms with van der Waals surface area (Å²) >= 11 is 3.72. The lowest BCUT2D eigenvalue weighted by molar-refractivity contribution is 0.176. The van der Waals surface area contributed by atoms with E-state index in [1.54, 1.807) is 23.9 Å². The molecule has 2 heterocycles. The Labute approximate surface area is 165 Å². The lowest BCUT2D eigenvalue weighted by Crippen LogP contribution is -2.46. The van der Waals surface area contributed by atoms with Gasteiger partial charge in [0.15, 0.2) is 3.84 Å². The highest BCUT2D eigenvalue weighted by atomic mass is 127. The van der Waals surface area contributed by atoms with Crippen LogP contribution < -0.4 is 0 Å². The van der Waals surface area contributed by atoms with Crippen LogP contribution >= 0.6 is 34.4 Å². The van der Waals surface area contributed by atoms with Gasteiger partial charge < -0.3 is 4.90 Å². The molecule has 0 spiro atoms. The molecular weight excluding hydrogens is 450 g/mol. The van der Waals surface area contributed by atoms with E-state index in [2.05, 4.69) is 43.4 Å². The Morgan fingerprint density at radius 1 is 1.20 bits per heavy atom. The molecule has 3 rings (SSSR count). The first-order valence-corrected chi connectivity index (χ1v) is 10.2. The lowest BCUT2D eigenvalue weighted by atomic mass is 10.2. The number of benzene rings is 1. The van der Waals surface area contributed by atoms with Gasteiger partial charge in [0.1, 0.15) is 10.8 Å². The monoisotopic (exact) mass is 470 g/mol. The van der Waals surface area contributed by atoms with Crippen molar-refractivity contribution >= 4 is 38.2 Å². The van der Waals surface area contributed by atoms with E-state index < -0.39 is 0 Å². The molecule has 0 amide bonds. The second-order valence-electron chi connectivity index (χ2n) is 5.94. The van der Waals surface area contributed by atoms with Crippen LogP contribution in [0.25, 0.3) is 0 Å². The summed E-state index contributed by atoms with van der Waals surface area (Å²) < 4.78 is 13.9. The van der Waals surface area contributed by atoms with Crippen LogP contribution in [-0.2, 0) is 12.3 Å². The first kappa shape index (κ1) is 18.6. The second kappa shape index (κ2) is 8.95. The molecule has 2 aromatic rings. The van der Waals surface area contributed by atoms with Crippen LogP contribution in [0.2, 0.25) is 0 Å². The molecule has 0 aliphatic carbocycles. The Bertz CT molecular complexity index is 735. The number of hydrogen-bond donors (Lipinski definition) is 1. The Hall–Kier alpha value is -1.19. The van der Waals surface area contributed by atoms with E-state index in [0.717, 1.165) is 43.3 Å². The molecule has 0 unspecified atom stereocenters. The number of halogens is 2. The summed E-state index contributed by atoms with van der Waals surface area (Å²) in [4.78, 5) is 9.02. The predicted octanol–water partition coefficient (Wildman–Crippen LogP) is 4.00. The molecule has 0 bridgehead atoms. The third-order valence-corrected chi connectivity index (χ3v) is 5.96. The Kier molecular flexibility index (Phi) is 6.66. The number of aromatic nitrogens is 1. The van der Waals surface area contributed by atoms with Gasteiger partial charge in [0, 0.05) is 44.7 Å². The molecule has 0 atom stereocenters. The second-order valence-corrected chi connectivity index (χ2v) is 7.93. The average molecular weight is 470 g/mol. The minimum Gasteiger partial charge on any atom is -0.349 e. The summed E-state index contributed by atoms with van der Waals surface area (Å²) in [6.45, 7) is 4.56. The van der Waals surface area contributed by atoms with Crippen molar-refractivity contribution in [1.29, 1.82) is 5.41 Å². The van der Waals surface area contributed by atoms with Crippen molar-refractivity contribution in [2.45, 2.75) is 17.3 Å². The third-order valence-electron chi connectivity index (χ3n) is 4.16. The quantitative estimate of drug-likeness (QED) is 0.236. The zero-order valence-electron chi connectivity index (χ0n) is 13.8. The van der Waals surface area contributed by atoms with E-state index in [-0.39, 0.29) is 5.82 Å². The maximum Gasteiger partial charge on any atom is 0.159 e. The van der Waals surface area contributed by atoms with Crippen LogP contribution in [0.15, 0.2) is 47.6 Å². The largest absolute Gasteiger partial charge is 0.349 e. The molecule has 1 aliphatic heterocycles. The standard InChI is InChI=1S/C18H20FIN4S/c19-16-5-1-3-14(11-16)13-25-17-15(4-2-6-22-17)12-23-7-9-24(10-8-23)18(20)21/h1-6,11,21H,7-10,12-13H2. The van der Waals surface area contributed by atoms with Gasteiger partial charge in [-0.05, 0) is 51.9 Å². The number of hydrogen-bond acceptors (Lipinski definition) is 4. The molecule has 1 fully saturated rings. The number of nitrogens with zero attached hydrogens (tertiary/aromatic N) is 3. The van der Waals surface area contributed by atoms with E-state index in [4.69, 9.17) is 5.41 Å². The van der Waals surface area contributed by atoms with Crippen LogP contribution in [0, 0.1) is 11.2 Å². The fraction of sp³-hybridized carbons (Fsp3) is 0.333. The zero-order chi connectivity index (χ0) is 17.6. The maximum absolute atomic E-state index is 13.3. The van der Waals surface area contributed by atoms with E-state index in [0.29, 0.717) is 9.60 Å². The minimum atomic E-state index is -0.196. The molecule has 1 N–H and O–H groups in total. The van der Waals surface area contributed by atoms with Gasteiger partial charge in [-0.15, -0.1) is 11.8 Å². The maximum atomic E-state index is 13.3. The zero-order valence-corrected chi connectivity index (χ0v) is 16.8. The van der Waals surface area contributed by atoms with Crippen LogP contribution in [0.4, 0.5) is 4.39 Å². The van der Waals surface area contributed by atoms with Crippen molar-refractivity contribution in [3.63, 3.8) is 0 Å². The van der Waals surface area contributed by atoms with Gasteiger partial charge in [0.2, 0.25) is 0 Å². The van der Waals surface area contributed by atoms with Gasteiger partial charge in [0.05, 0.1) is 0 Å². The molecule has 132 valence electrons. The molecule has 1 aromatic carbocycles. The summed E-state index contributed by atoms with van der Waals surface area (Å²) in [6, 6.07) is 10.8. The number of piperazine rings is 1. The first-order chi connectivity index (χ1) is 12.1. The molecule has 1 saturated heterocycles. The van der Waals surface area contributed by atoms with E-state index in [1.807, 2.05) is 18.3 Å². The fourth-order valence-electron chi connectivity index (χ4n) is 2.80. The molecule has 1 aromatic heterocycles. The average Bonchev–Trinajstić information content (AvgIpc) is 2.61. The van der Waals surface area contributed by atoms with E-state index in [9.17, 15) is 4.39 Å². The number of nitrogens with one attached hydrogen (secondary N) is 1. The highest BCUT2D eigenvalue weighted by molar-refractivity contribution is 14.1. The Morgan fingerprint density at radius 2 is 2.00 bits per heavy atom. The Balaban J connectivity index is 1.60. The van der Waals surface area contributed by atoms with Gasteiger partial charge in [-0.3, -0.25) is 10.3 Å². The van der Waals surface area contributed by atoms with E-state index in [1.165, 1.54) is 11.6 Å².